The molecule has 8 heteroatoms. The minimum atomic E-state index is -5.74. The van der Waals surface area contributed by atoms with E-state index in [1.54, 1.807) is 0 Å². The van der Waals surface area contributed by atoms with Crippen molar-refractivity contribution in [1.29, 1.82) is 0 Å². The molecule has 0 aromatic carbocycles. The van der Waals surface area contributed by atoms with Gasteiger partial charge in [0.05, 0.1) is 6.61 Å². The summed E-state index contributed by atoms with van der Waals surface area (Å²) >= 11 is 0. The van der Waals surface area contributed by atoms with Crippen LogP contribution < -0.4 is 0 Å². The van der Waals surface area contributed by atoms with Crippen molar-refractivity contribution in [3.63, 3.8) is 0 Å². The molecule has 16 heavy (non-hydrogen) atoms. The molecule has 0 spiro atoms. The monoisotopic (exact) mass is 256 g/mol. The maximum atomic E-state index is 13.3. The summed E-state index contributed by atoms with van der Waals surface area (Å²) in [6.07, 6.45) is -11.4. The smallest absolute Gasteiger partial charge is 0.345 e. The van der Waals surface area contributed by atoms with E-state index in [0.29, 0.717) is 0 Å². The van der Waals surface area contributed by atoms with E-state index in [1.165, 1.54) is 6.92 Å². The molecular formula is C8H11F7O. The van der Waals surface area contributed by atoms with Gasteiger partial charge in [0, 0.05) is 0 Å². The van der Waals surface area contributed by atoms with E-state index in [4.69, 9.17) is 0 Å². The molecule has 0 saturated heterocycles. The van der Waals surface area contributed by atoms with Gasteiger partial charge in [0.15, 0.2) is 0 Å². The lowest BCUT2D eigenvalue weighted by Crippen LogP contribution is -2.51. The summed E-state index contributed by atoms with van der Waals surface area (Å²) in [5.41, 5.74) is 0. The number of ether oxygens (including phenoxy) is 1. The lowest BCUT2D eigenvalue weighted by molar-refractivity contribution is -0.357. The predicted molar refractivity (Wildman–Crippen MR) is 41.4 cm³/mol. The minimum Gasteiger partial charge on any atom is -0.345 e. The van der Waals surface area contributed by atoms with E-state index >= 15 is 0 Å². The van der Waals surface area contributed by atoms with Crippen LogP contribution in [0.3, 0.4) is 0 Å². The van der Waals surface area contributed by atoms with Crippen LogP contribution in [0.15, 0.2) is 0 Å². The van der Waals surface area contributed by atoms with Crippen molar-refractivity contribution in [2.45, 2.75) is 38.5 Å². The third-order valence-corrected chi connectivity index (χ3v) is 1.76. The Kier molecular flexibility index (Phi) is 4.61. The van der Waals surface area contributed by atoms with Gasteiger partial charge in [-0.2, -0.15) is 26.3 Å². The maximum Gasteiger partial charge on any atom is 0.406 e. The molecule has 0 aromatic heterocycles. The van der Waals surface area contributed by atoms with Crippen LogP contribution in [0.5, 0.6) is 0 Å². The third kappa shape index (κ3) is 4.15. The minimum absolute atomic E-state index is 0.113. The second-order valence-electron chi connectivity index (χ2n) is 3.35. The standard InChI is InChI=1S/C8H11F7O/c1-3-4-16-6(2,9)5(7(10,11)12)8(13,14)15/h5H,3-4H2,1-2H3. The molecular weight excluding hydrogens is 245 g/mol. The first-order valence-corrected chi connectivity index (χ1v) is 4.39. The van der Waals surface area contributed by atoms with Crippen molar-refractivity contribution < 1.29 is 35.5 Å². The summed E-state index contributed by atoms with van der Waals surface area (Å²) in [5.74, 6) is -7.95. The molecule has 1 nitrogen and oxygen atoms in total. The van der Waals surface area contributed by atoms with Gasteiger partial charge in [-0.05, 0) is 13.3 Å². The molecule has 1 unspecified atom stereocenters. The Morgan fingerprint density at radius 1 is 0.938 bits per heavy atom. The van der Waals surface area contributed by atoms with Crippen molar-refractivity contribution in [3.05, 3.63) is 0 Å². The Hall–Kier alpha value is -0.530. The molecule has 0 fully saturated rings. The number of hydrogen-bond acceptors (Lipinski definition) is 1. The highest BCUT2D eigenvalue weighted by Gasteiger charge is 2.66. The molecule has 0 amide bonds. The maximum absolute atomic E-state index is 13.3. The fourth-order valence-electron chi connectivity index (χ4n) is 1.16. The van der Waals surface area contributed by atoms with Crippen molar-refractivity contribution in [3.8, 4) is 0 Å². The summed E-state index contributed by atoms with van der Waals surface area (Å²) in [7, 11) is 0. The van der Waals surface area contributed by atoms with Crippen LogP contribution in [-0.2, 0) is 4.74 Å². The Morgan fingerprint density at radius 2 is 1.31 bits per heavy atom. The van der Waals surface area contributed by atoms with Gasteiger partial charge < -0.3 is 4.74 Å². The Morgan fingerprint density at radius 3 is 1.56 bits per heavy atom. The first kappa shape index (κ1) is 15.5. The van der Waals surface area contributed by atoms with E-state index in [9.17, 15) is 30.7 Å². The van der Waals surface area contributed by atoms with Gasteiger partial charge in [0.2, 0.25) is 11.8 Å². The molecule has 0 aliphatic carbocycles. The van der Waals surface area contributed by atoms with Crippen LogP contribution in [0.4, 0.5) is 30.7 Å². The van der Waals surface area contributed by atoms with Gasteiger partial charge in [-0.3, -0.25) is 0 Å². The zero-order valence-corrected chi connectivity index (χ0v) is 8.55. The van der Waals surface area contributed by atoms with Gasteiger partial charge in [0.1, 0.15) is 0 Å². The molecule has 1 atom stereocenters. The summed E-state index contributed by atoms with van der Waals surface area (Å²) in [6, 6.07) is 0. The quantitative estimate of drug-likeness (QED) is 0.694. The first-order chi connectivity index (χ1) is 6.93. The topological polar surface area (TPSA) is 9.23 Å². The molecule has 0 bridgehead atoms. The summed E-state index contributed by atoms with van der Waals surface area (Å²) in [4.78, 5) is 0. The molecule has 0 saturated carbocycles. The van der Waals surface area contributed by atoms with Crippen molar-refractivity contribution in [1.82, 2.24) is 0 Å². The molecule has 0 rings (SSSR count). The largest absolute Gasteiger partial charge is 0.406 e. The Bertz CT molecular complexity index is 203. The molecule has 0 aromatic rings. The molecule has 0 N–H and O–H groups in total. The molecule has 0 aliphatic rings. The van der Waals surface area contributed by atoms with Crippen LogP contribution in [0.25, 0.3) is 0 Å². The normalized spacial score (nSPS) is 17.6. The molecule has 0 heterocycles. The number of rotatable bonds is 4. The van der Waals surface area contributed by atoms with Crippen LogP contribution >= 0.6 is 0 Å². The summed E-state index contributed by atoms with van der Waals surface area (Å²) in [6.45, 7) is 1.05. The highest BCUT2D eigenvalue weighted by Crippen LogP contribution is 2.47. The van der Waals surface area contributed by atoms with Crippen molar-refractivity contribution in [2.75, 3.05) is 6.61 Å². The van der Waals surface area contributed by atoms with Gasteiger partial charge in [0.25, 0.3) is 0 Å². The van der Waals surface area contributed by atoms with E-state index < -0.39 is 30.7 Å². The van der Waals surface area contributed by atoms with Crippen molar-refractivity contribution in [2.24, 2.45) is 5.92 Å². The number of hydrogen-bond donors (Lipinski definition) is 0. The van der Waals surface area contributed by atoms with E-state index in [2.05, 4.69) is 4.74 Å². The van der Waals surface area contributed by atoms with Crippen LogP contribution in [0.2, 0.25) is 0 Å². The first-order valence-electron chi connectivity index (χ1n) is 4.39. The highest BCUT2D eigenvalue weighted by atomic mass is 19.4. The van der Waals surface area contributed by atoms with Crippen molar-refractivity contribution >= 4 is 0 Å². The van der Waals surface area contributed by atoms with Crippen LogP contribution in [0.1, 0.15) is 20.3 Å². The zero-order valence-electron chi connectivity index (χ0n) is 8.55. The molecule has 98 valence electrons. The summed E-state index contributed by atoms with van der Waals surface area (Å²) < 4.78 is 89.9. The molecule has 0 radical (unpaired) electrons. The fraction of sp³-hybridized carbons (Fsp3) is 1.00. The van der Waals surface area contributed by atoms with Gasteiger partial charge >= 0.3 is 12.4 Å². The van der Waals surface area contributed by atoms with Crippen LogP contribution in [-0.4, -0.2) is 24.8 Å². The fourth-order valence-corrected chi connectivity index (χ4v) is 1.16. The number of halogens is 7. The lowest BCUT2D eigenvalue weighted by Gasteiger charge is -2.33. The second kappa shape index (κ2) is 4.77. The number of alkyl halides is 7. The second-order valence-corrected chi connectivity index (χ2v) is 3.35. The zero-order chi connectivity index (χ0) is 13.2. The average molecular weight is 256 g/mol. The van der Waals surface area contributed by atoms with E-state index in [0.717, 1.165) is 0 Å². The Labute approximate surface area is 87.6 Å². The SMILES string of the molecule is CCCOC(C)(F)C(C(F)(F)F)C(F)(F)F. The highest BCUT2D eigenvalue weighted by molar-refractivity contribution is 4.86. The average Bonchev–Trinajstić information content (AvgIpc) is 1.93. The van der Waals surface area contributed by atoms with Gasteiger partial charge in [-0.25, -0.2) is 4.39 Å². The lowest BCUT2D eigenvalue weighted by atomic mass is 10.00. The summed E-state index contributed by atoms with van der Waals surface area (Å²) in [5, 5.41) is 0. The Balaban J connectivity index is 5.04. The van der Waals surface area contributed by atoms with Gasteiger partial charge in [-0.1, -0.05) is 6.92 Å². The van der Waals surface area contributed by atoms with Crippen LogP contribution in [0, 0.1) is 5.92 Å². The van der Waals surface area contributed by atoms with E-state index in [1.807, 2.05) is 0 Å². The molecule has 0 aliphatic heterocycles. The third-order valence-electron chi connectivity index (χ3n) is 1.76. The van der Waals surface area contributed by atoms with Gasteiger partial charge in [-0.15, -0.1) is 0 Å². The van der Waals surface area contributed by atoms with E-state index in [-0.39, 0.29) is 13.3 Å². The predicted octanol–water partition coefficient (Wildman–Crippen LogP) is 3.84.